The van der Waals surface area contributed by atoms with Gasteiger partial charge in [-0.1, -0.05) is 12.1 Å². The minimum absolute atomic E-state index is 0.0229. The summed E-state index contributed by atoms with van der Waals surface area (Å²) in [5.74, 6) is 0.567. The van der Waals surface area contributed by atoms with Gasteiger partial charge in [0.05, 0.1) is 19.3 Å². The van der Waals surface area contributed by atoms with Gasteiger partial charge in [0.25, 0.3) is 0 Å². The number of nitrogens with one attached hydrogen (secondary N) is 2. The van der Waals surface area contributed by atoms with Gasteiger partial charge in [0.1, 0.15) is 5.82 Å². The van der Waals surface area contributed by atoms with E-state index < -0.39 is 0 Å². The minimum atomic E-state index is -0.179. The summed E-state index contributed by atoms with van der Waals surface area (Å²) >= 11 is 0. The van der Waals surface area contributed by atoms with Crippen LogP contribution in [0.2, 0.25) is 0 Å². The average molecular weight is 353 g/mol. The summed E-state index contributed by atoms with van der Waals surface area (Å²) < 4.78 is 24.1. The summed E-state index contributed by atoms with van der Waals surface area (Å²) in [7, 11) is 1.67. The molecule has 0 heterocycles. The number of aliphatic imine (C=N–C) groups is 1. The van der Waals surface area contributed by atoms with Crippen LogP contribution in [-0.4, -0.2) is 46.0 Å². The fourth-order valence-corrected chi connectivity index (χ4v) is 2.24. The van der Waals surface area contributed by atoms with Crippen LogP contribution in [0.1, 0.15) is 43.9 Å². The lowest BCUT2D eigenvalue weighted by Gasteiger charge is -2.18. The number of nitrogens with zero attached hydrogens (tertiary/aromatic N) is 1. The Hall–Kier alpha value is -1.66. The van der Waals surface area contributed by atoms with Gasteiger partial charge < -0.3 is 20.1 Å². The smallest absolute Gasteiger partial charge is 0.191 e. The number of methoxy groups -OCH3 is 1. The van der Waals surface area contributed by atoms with Gasteiger partial charge in [0, 0.05) is 26.8 Å². The van der Waals surface area contributed by atoms with Gasteiger partial charge >= 0.3 is 0 Å². The number of unbranched alkanes of at least 4 members (excludes halogenated alkanes) is 1. The molecule has 142 valence electrons. The highest BCUT2D eigenvalue weighted by Crippen LogP contribution is 2.16. The Balaban J connectivity index is 2.42. The summed E-state index contributed by atoms with van der Waals surface area (Å²) in [6, 6.07) is 5.30. The lowest BCUT2D eigenvalue weighted by molar-refractivity contribution is 0.0690. The number of aryl methyl sites for hydroxylation is 1. The zero-order valence-corrected chi connectivity index (χ0v) is 15.9. The molecule has 0 radical (unpaired) electrons. The van der Waals surface area contributed by atoms with Gasteiger partial charge in [-0.05, 0) is 50.8 Å². The molecule has 25 heavy (non-hydrogen) atoms. The summed E-state index contributed by atoms with van der Waals surface area (Å²) in [4.78, 5) is 4.57. The Bertz CT molecular complexity index is 523. The Morgan fingerprint density at radius 3 is 2.72 bits per heavy atom. The van der Waals surface area contributed by atoms with E-state index in [0.717, 1.165) is 44.1 Å². The molecule has 1 rings (SSSR count). The van der Waals surface area contributed by atoms with Crippen molar-refractivity contribution in [2.45, 2.75) is 39.7 Å². The predicted octanol–water partition coefficient (Wildman–Crippen LogP) is 3.19. The topological polar surface area (TPSA) is 54.9 Å². The third kappa shape index (κ3) is 8.84. The second kappa shape index (κ2) is 12.7. The van der Waals surface area contributed by atoms with E-state index in [-0.39, 0.29) is 11.9 Å². The van der Waals surface area contributed by atoms with Gasteiger partial charge in [-0.25, -0.2) is 4.39 Å². The van der Waals surface area contributed by atoms with Crippen LogP contribution in [0.15, 0.2) is 23.2 Å². The summed E-state index contributed by atoms with van der Waals surface area (Å²) in [5.41, 5.74) is 1.56. The van der Waals surface area contributed by atoms with E-state index in [0.29, 0.717) is 18.8 Å². The molecule has 0 saturated heterocycles. The quantitative estimate of drug-likeness (QED) is 0.364. The van der Waals surface area contributed by atoms with Gasteiger partial charge in [-0.15, -0.1) is 0 Å². The van der Waals surface area contributed by atoms with Crippen molar-refractivity contribution in [3.05, 3.63) is 35.1 Å². The van der Waals surface area contributed by atoms with Crippen molar-refractivity contribution in [3.63, 3.8) is 0 Å². The summed E-state index contributed by atoms with van der Waals surface area (Å²) in [5, 5.41) is 6.55. The molecule has 0 bridgehead atoms. The molecule has 1 aromatic rings. The van der Waals surface area contributed by atoms with E-state index in [1.165, 1.54) is 0 Å². The first kappa shape index (κ1) is 21.4. The monoisotopic (exact) mass is 353 g/mol. The first-order chi connectivity index (χ1) is 12.1. The van der Waals surface area contributed by atoms with E-state index >= 15 is 0 Å². The normalized spacial score (nSPS) is 12.9. The van der Waals surface area contributed by atoms with Crippen LogP contribution < -0.4 is 10.6 Å². The number of ether oxygens (including phenoxy) is 2. The molecule has 0 spiro atoms. The standard InChI is InChI=1S/C19H32FN3O2/c1-5-21-19(22-10-6-7-11-25-13-12-24-4)23-16(3)17-9-8-15(2)18(20)14-17/h8-9,14,16H,5-7,10-13H2,1-4H3,(H2,21,22,23). The van der Waals surface area contributed by atoms with Crippen LogP contribution in [0.25, 0.3) is 0 Å². The van der Waals surface area contributed by atoms with E-state index in [9.17, 15) is 4.39 Å². The maximum Gasteiger partial charge on any atom is 0.191 e. The summed E-state index contributed by atoms with van der Waals surface area (Å²) in [6.07, 6.45) is 1.92. The lowest BCUT2D eigenvalue weighted by Crippen LogP contribution is -2.38. The number of hydrogen-bond donors (Lipinski definition) is 2. The molecule has 0 fully saturated rings. The number of rotatable bonds is 11. The molecule has 0 aliphatic heterocycles. The predicted molar refractivity (Wildman–Crippen MR) is 101 cm³/mol. The molecule has 5 nitrogen and oxygen atoms in total. The zero-order chi connectivity index (χ0) is 18.5. The first-order valence-corrected chi connectivity index (χ1v) is 8.96. The van der Waals surface area contributed by atoms with E-state index in [2.05, 4.69) is 15.6 Å². The number of halogens is 1. The SMILES string of the molecule is CCNC(=NCCCCOCCOC)NC(C)c1ccc(C)c(F)c1. The van der Waals surface area contributed by atoms with Crippen LogP contribution in [0.3, 0.4) is 0 Å². The van der Waals surface area contributed by atoms with Crippen LogP contribution in [0, 0.1) is 12.7 Å². The molecule has 2 N–H and O–H groups in total. The van der Waals surface area contributed by atoms with Crippen LogP contribution in [0.5, 0.6) is 0 Å². The fourth-order valence-electron chi connectivity index (χ4n) is 2.24. The zero-order valence-electron chi connectivity index (χ0n) is 15.9. The van der Waals surface area contributed by atoms with Crippen molar-refractivity contribution < 1.29 is 13.9 Å². The summed E-state index contributed by atoms with van der Waals surface area (Å²) in [6.45, 7) is 9.28. The van der Waals surface area contributed by atoms with Gasteiger partial charge in [-0.2, -0.15) is 0 Å². The highest BCUT2D eigenvalue weighted by molar-refractivity contribution is 5.80. The Kier molecular flexibility index (Phi) is 10.8. The lowest BCUT2D eigenvalue weighted by atomic mass is 10.1. The van der Waals surface area contributed by atoms with Crippen LogP contribution in [0.4, 0.5) is 4.39 Å². The van der Waals surface area contributed by atoms with Crippen molar-refractivity contribution in [2.24, 2.45) is 4.99 Å². The van der Waals surface area contributed by atoms with Crippen molar-refractivity contribution >= 4 is 5.96 Å². The van der Waals surface area contributed by atoms with Crippen LogP contribution >= 0.6 is 0 Å². The first-order valence-electron chi connectivity index (χ1n) is 8.96. The fraction of sp³-hybridized carbons (Fsp3) is 0.632. The molecule has 1 unspecified atom stereocenters. The molecule has 0 aliphatic carbocycles. The minimum Gasteiger partial charge on any atom is -0.382 e. The van der Waals surface area contributed by atoms with Crippen molar-refractivity contribution in [2.75, 3.05) is 40.0 Å². The Labute approximate surface area is 151 Å². The second-order valence-corrected chi connectivity index (χ2v) is 5.95. The van der Waals surface area contributed by atoms with E-state index in [4.69, 9.17) is 9.47 Å². The third-order valence-electron chi connectivity index (χ3n) is 3.79. The average Bonchev–Trinajstić information content (AvgIpc) is 2.59. The highest BCUT2D eigenvalue weighted by Gasteiger charge is 2.09. The molecule has 0 saturated carbocycles. The molecule has 0 amide bonds. The van der Waals surface area contributed by atoms with Gasteiger partial charge in [0.2, 0.25) is 0 Å². The van der Waals surface area contributed by atoms with E-state index in [1.807, 2.05) is 19.9 Å². The molecule has 0 aromatic heterocycles. The maximum atomic E-state index is 13.7. The largest absolute Gasteiger partial charge is 0.382 e. The van der Waals surface area contributed by atoms with Gasteiger partial charge in [0.15, 0.2) is 5.96 Å². The molecule has 1 atom stereocenters. The van der Waals surface area contributed by atoms with Crippen molar-refractivity contribution in [3.8, 4) is 0 Å². The Morgan fingerprint density at radius 1 is 1.24 bits per heavy atom. The van der Waals surface area contributed by atoms with Crippen molar-refractivity contribution in [1.82, 2.24) is 10.6 Å². The number of guanidine groups is 1. The molecular formula is C19H32FN3O2. The van der Waals surface area contributed by atoms with Gasteiger partial charge in [-0.3, -0.25) is 4.99 Å². The number of hydrogen-bond acceptors (Lipinski definition) is 3. The molecule has 1 aromatic carbocycles. The molecular weight excluding hydrogens is 321 g/mol. The highest BCUT2D eigenvalue weighted by atomic mass is 19.1. The van der Waals surface area contributed by atoms with Crippen LogP contribution in [-0.2, 0) is 9.47 Å². The van der Waals surface area contributed by atoms with Crippen molar-refractivity contribution in [1.29, 1.82) is 0 Å². The third-order valence-corrected chi connectivity index (χ3v) is 3.79. The maximum absolute atomic E-state index is 13.7. The van der Waals surface area contributed by atoms with E-state index in [1.54, 1.807) is 26.2 Å². The molecule has 6 heteroatoms. The Morgan fingerprint density at radius 2 is 2.04 bits per heavy atom. The second-order valence-electron chi connectivity index (χ2n) is 5.95. The number of benzene rings is 1. The molecule has 0 aliphatic rings.